The third-order valence-electron chi connectivity index (χ3n) is 5.20. The van der Waals surface area contributed by atoms with Crippen molar-refractivity contribution in [1.82, 2.24) is 5.32 Å². The molecule has 0 heterocycles. The summed E-state index contributed by atoms with van der Waals surface area (Å²) in [6.07, 6.45) is 0.777. The number of amides is 1. The molecule has 3 rings (SSSR count). The molecule has 27 heavy (non-hydrogen) atoms. The summed E-state index contributed by atoms with van der Waals surface area (Å²) in [5, 5.41) is 2.80. The lowest BCUT2D eigenvalue weighted by molar-refractivity contribution is -0.139. The van der Waals surface area contributed by atoms with Gasteiger partial charge in [0.05, 0.1) is 6.04 Å². The number of carbonyl (C=O) groups excluding carboxylic acids is 3. The molecule has 0 unspecified atom stereocenters. The van der Waals surface area contributed by atoms with Crippen LogP contribution >= 0.6 is 0 Å². The Balaban J connectivity index is 1.84. The van der Waals surface area contributed by atoms with Crippen LogP contribution in [0.4, 0.5) is 4.79 Å². The van der Waals surface area contributed by atoms with Crippen LogP contribution in [0.2, 0.25) is 0 Å². The standard InChI is InChI=1S/C22H23NO4/c1-16(24)22(14-8-13-19(22)25)20(18-11-6-3-7-12-18)23-21(26)27-15-17-9-4-2-5-10-17/h2-7,9-12,20H,8,13-15H2,1H3,(H,23,26)/t20-,22-/m0/s1. The largest absolute Gasteiger partial charge is 0.445 e. The number of alkyl carbamates (subject to hydrolysis) is 1. The molecule has 0 bridgehead atoms. The van der Waals surface area contributed by atoms with Crippen LogP contribution < -0.4 is 5.32 Å². The number of carbonyl (C=O) groups is 3. The van der Waals surface area contributed by atoms with Crippen molar-refractivity contribution >= 4 is 17.7 Å². The molecule has 1 amide bonds. The average Bonchev–Trinajstić information content (AvgIpc) is 3.08. The van der Waals surface area contributed by atoms with Crippen LogP contribution in [-0.2, 0) is 20.9 Å². The van der Waals surface area contributed by atoms with Gasteiger partial charge < -0.3 is 10.1 Å². The Kier molecular flexibility index (Phi) is 5.69. The van der Waals surface area contributed by atoms with E-state index in [1.165, 1.54) is 6.92 Å². The quantitative estimate of drug-likeness (QED) is 0.786. The second-order valence-corrected chi connectivity index (χ2v) is 6.85. The maximum Gasteiger partial charge on any atom is 0.407 e. The van der Waals surface area contributed by atoms with E-state index < -0.39 is 17.6 Å². The third-order valence-corrected chi connectivity index (χ3v) is 5.20. The zero-order valence-electron chi connectivity index (χ0n) is 15.3. The summed E-state index contributed by atoms with van der Waals surface area (Å²) in [6.45, 7) is 1.55. The summed E-state index contributed by atoms with van der Waals surface area (Å²) in [5.41, 5.74) is 0.356. The lowest BCUT2D eigenvalue weighted by Gasteiger charge is -2.34. The molecule has 1 N–H and O–H groups in total. The van der Waals surface area contributed by atoms with Crippen LogP contribution in [0.15, 0.2) is 60.7 Å². The van der Waals surface area contributed by atoms with E-state index in [4.69, 9.17) is 4.74 Å². The van der Waals surface area contributed by atoms with Crippen molar-refractivity contribution in [2.75, 3.05) is 0 Å². The summed E-state index contributed by atoms with van der Waals surface area (Å²) in [6, 6.07) is 17.7. The Morgan fingerprint density at radius 3 is 2.26 bits per heavy atom. The van der Waals surface area contributed by atoms with Crippen LogP contribution in [-0.4, -0.2) is 17.7 Å². The molecule has 2 atom stereocenters. The van der Waals surface area contributed by atoms with Crippen molar-refractivity contribution in [3.8, 4) is 0 Å². The molecular formula is C22H23NO4. The first-order valence-corrected chi connectivity index (χ1v) is 9.10. The molecule has 0 radical (unpaired) electrons. The van der Waals surface area contributed by atoms with E-state index in [-0.39, 0.29) is 18.2 Å². The molecule has 0 saturated heterocycles. The predicted octanol–water partition coefficient (Wildman–Crippen LogP) is 3.98. The summed E-state index contributed by atoms with van der Waals surface area (Å²) < 4.78 is 5.33. The molecule has 1 saturated carbocycles. The first kappa shape index (κ1) is 18.8. The highest BCUT2D eigenvalue weighted by atomic mass is 16.5. The van der Waals surface area contributed by atoms with Gasteiger partial charge in [-0.25, -0.2) is 4.79 Å². The van der Waals surface area contributed by atoms with Crippen molar-refractivity contribution in [3.63, 3.8) is 0 Å². The maximum absolute atomic E-state index is 12.7. The molecule has 5 heteroatoms. The number of benzene rings is 2. The fourth-order valence-corrected chi connectivity index (χ4v) is 3.79. The van der Waals surface area contributed by atoms with Gasteiger partial charge in [-0.3, -0.25) is 9.59 Å². The molecule has 1 aliphatic carbocycles. The number of ether oxygens (including phenoxy) is 1. The molecule has 2 aromatic carbocycles. The van der Waals surface area contributed by atoms with Crippen LogP contribution in [0.25, 0.3) is 0 Å². The van der Waals surface area contributed by atoms with E-state index in [0.29, 0.717) is 19.3 Å². The first-order chi connectivity index (χ1) is 13.0. The second-order valence-electron chi connectivity index (χ2n) is 6.85. The molecule has 140 valence electrons. The minimum atomic E-state index is -1.23. The lowest BCUT2D eigenvalue weighted by Crippen LogP contribution is -2.48. The average molecular weight is 365 g/mol. The van der Waals surface area contributed by atoms with Crippen molar-refractivity contribution < 1.29 is 19.1 Å². The Labute approximate surface area is 158 Å². The van der Waals surface area contributed by atoms with Gasteiger partial charge in [0.25, 0.3) is 0 Å². The lowest BCUT2D eigenvalue weighted by atomic mass is 9.72. The summed E-state index contributed by atoms with van der Waals surface area (Å²) >= 11 is 0. The normalized spacial score (nSPS) is 20.1. The highest BCUT2D eigenvalue weighted by Gasteiger charge is 2.53. The smallest absolute Gasteiger partial charge is 0.407 e. The van der Waals surface area contributed by atoms with Gasteiger partial charge in [0.1, 0.15) is 23.6 Å². The van der Waals surface area contributed by atoms with Gasteiger partial charge in [0.2, 0.25) is 0 Å². The monoisotopic (exact) mass is 365 g/mol. The van der Waals surface area contributed by atoms with Gasteiger partial charge in [0, 0.05) is 6.42 Å². The number of hydrogen-bond acceptors (Lipinski definition) is 4. The van der Waals surface area contributed by atoms with E-state index in [1.807, 2.05) is 60.7 Å². The molecule has 0 aromatic heterocycles. The number of hydrogen-bond donors (Lipinski definition) is 1. The van der Waals surface area contributed by atoms with Gasteiger partial charge in [-0.2, -0.15) is 0 Å². The fourth-order valence-electron chi connectivity index (χ4n) is 3.79. The van der Waals surface area contributed by atoms with E-state index in [2.05, 4.69) is 5.32 Å². The highest BCUT2D eigenvalue weighted by Crippen LogP contribution is 2.46. The van der Waals surface area contributed by atoms with Gasteiger partial charge >= 0.3 is 6.09 Å². The Morgan fingerprint density at radius 2 is 1.70 bits per heavy atom. The van der Waals surface area contributed by atoms with Crippen molar-refractivity contribution in [1.29, 1.82) is 0 Å². The van der Waals surface area contributed by atoms with Crippen LogP contribution in [0.3, 0.4) is 0 Å². The molecule has 2 aromatic rings. The Morgan fingerprint density at radius 1 is 1.07 bits per heavy atom. The summed E-state index contributed by atoms with van der Waals surface area (Å²) in [7, 11) is 0. The zero-order chi connectivity index (χ0) is 19.3. The Hall–Kier alpha value is -2.95. The summed E-state index contributed by atoms with van der Waals surface area (Å²) in [5.74, 6) is -0.338. The minimum absolute atomic E-state index is 0.118. The van der Waals surface area contributed by atoms with E-state index >= 15 is 0 Å². The van der Waals surface area contributed by atoms with Crippen molar-refractivity contribution in [2.45, 2.75) is 38.8 Å². The first-order valence-electron chi connectivity index (χ1n) is 9.10. The van der Waals surface area contributed by atoms with Crippen molar-refractivity contribution in [3.05, 3.63) is 71.8 Å². The molecule has 5 nitrogen and oxygen atoms in total. The maximum atomic E-state index is 12.7. The number of Topliss-reactive ketones (excluding diaryl/α,β-unsaturated/α-hetero) is 2. The highest BCUT2D eigenvalue weighted by molar-refractivity contribution is 6.08. The number of ketones is 2. The minimum Gasteiger partial charge on any atom is -0.445 e. The van der Waals surface area contributed by atoms with Gasteiger partial charge in [-0.05, 0) is 30.9 Å². The third kappa shape index (κ3) is 3.92. The fraction of sp³-hybridized carbons (Fsp3) is 0.318. The van der Waals surface area contributed by atoms with Crippen LogP contribution in [0.5, 0.6) is 0 Å². The molecular weight excluding hydrogens is 342 g/mol. The topological polar surface area (TPSA) is 72.5 Å². The van der Waals surface area contributed by atoms with E-state index in [1.54, 1.807) is 0 Å². The second kappa shape index (κ2) is 8.16. The van der Waals surface area contributed by atoms with Gasteiger partial charge in [-0.1, -0.05) is 60.7 Å². The van der Waals surface area contributed by atoms with Crippen LogP contribution in [0.1, 0.15) is 43.4 Å². The predicted molar refractivity (Wildman–Crippen MR) is 101 cm³/mol. The Bertz CT molecular complexity index is 819. The number of rotatable bonds is 6. The molecule has 0 spiro atoms. The van der Waals surface area contributed by atoms with E-state index in [9.17, 15) is 14.4 Å². The SMILES string of the molecule is CC(=O)[C@@]1([C@@H](NC(=O)OCc2ccccc2)c2ccccc2)CCCC1=O. The molecule has 1 aliphatic rings. The van der Waals surface area contributed by atoms with Crippen molar-refractivity contribution in [2.24, 2.45) is 5.41 Å². The van der Waals surface area contributed by atoms with E-state index in [0.717, 1.165) is 11.1 Å². The summed E-state index contributed by atoms with van der Waals surface area (Å²) in [4.78, 5) is 37.7. The molecule has 0 aliphatic heterocycles. The number of nitrogens with one attached hydrogen (secondary N) is 1. The van der Waals surface area contributed by atoms with Gasteiger partial charge in [-0.15, -0.1) is 0 Å². The van der Waals surface area contributed by atoms with Crippen LogP contribution in [0, 0.1) is 5.41 Å². The zero-order valence-corrected chi connectivity index (χ0v) is 15.3. The van der Waals surface area contributed by atoms with Gasteiger partial charge in [0.15, 0.2) is 0 Å². The molecule has 1 fully saturated rings.